The Morgan fingerprint density at radius 2 is 0.800 bits per heavy atom. The summed E-state index contributed by atoms with van der Waals surface area (Å²) in [6.07, 6.45) is 0. The number of rotatable bonds is 0. The first-order valence-corrected chi connectivity index (χ1v) is 0. The van der Waals surface area contributed by atoms with Crippen LogP contribution in [0.4, 0.5) is 0 Å². The fourth-order valence-electron chi connectivity index (χ4n) is 0. The van der Waals surface area contributed by atoms with E-state index in [0.29, 0.717) is 0 Å². The van der Waals surface area contributed by atoms with Crippen LogP contribution in [0.15, 0.2) is 0 Å². The smallest absolute Gasteiger partial charge is 2.00 e. The first-order valence-electron chi connectivity index (χ1n) is 0. The standard InChI is InChI=1S/Al.K.H2O.2S/h;;1H2;;/q+3;+1;;2*-2. The van der Waals surface area contributed by atoms with Gasteiger partial charge in [-0.1, -0.05) is 0 Å². The van der Waals surface area contributed by atoms with Gasteiger partial charge in [0.25, 0.3) is 0 Å². The molecule has 1 nitrogen and oxygen atoms in total. The monoisotopic (exact) mass is 148 g/mol. The molecule has 0 aliphatic rings. The van der Waals surface area contributed by atoms with Crippen LogP contribution in [0.5, 0.6) is 0 Å². The molecule has 0 heterocycles. The van der Waals surface area contributed by atoms with Gasteiger partial charge in [0.15, 0.2) is 0 Å². The minimum Gasteiger partial charge on any atom is -2.00 e. The Morgan fingerprint density at radius 3 is 0.800 bits per heavy atom. The van der Waals surface area contributed by atoms with E-state index in [9.17, 15) is 0 Å². The molecule has 0 bridgehead atoms. The quantitative estimate of drug-likeness (QED) is 0.312. The summed E-state index contributed by atoms with van der Waals surface area (Å²) in [4.78, 5) is 0. The van der Waals surface area contributed by atoms with E-state index < -0.39 is 0 Å². The summed E-state index contributed by atoms with van der Waals surface area (Å²) in [7, 11) is 0. The summed E-state index contributed by atoms with van der Waals surface area (Å²) in [6, 6.07) is 0. The van der Waals surface area contributed by atoms with Crippen LogP contribution in [0, 0.1) is 0 Å². The molecule has 0 aliphatic heterocycles. The van der Waals surface area contributed by atoms with Crippen molar-refractivity contribution in [3.8, 4) is 0 Å². The molecule has 0 unspecified atom stereocenters. The summed E-state index contributed by atoms with van der Waals surface area (Å²) in [6.45, 7) is 0. The van der Waals surface area contributed by atoms with Gasteiger partial charge < -0.3 is 32.5 Å². The largest absolute Gasteiger partial charge is 3.00 e. The second kappa shape index (κ2) is 29.0. The van der Waals surface area contributed by atoms with Crippen molar-refractivity contribution in [1.29, 1.82) is 0 Å². The molecule has 5 heavy (non-hydrogen) atoms. The average molecular weight is 148 g/mol. The van der Waals surface area contributed by atoms with Crippen molar-refractivity contribution in [2.45, 2.75) is 0 Å². The van der Waals surface area contributed by atoms with E-state index in [4.69, 9.17) is 0 Å². The maximum absolute atomic E-state index is 0. The first-order chi connectivity index (χ1) is 0. The van der Waals surface area contributed by atoms with Gasteiger partial charge in [0.2, 0.25) is 0 Å². The second-order valence-electron chi connectivity index (χ2n) is 0. The molecule has 0 rings (SSSR count). The van der Waals surface area contributed by atoms with Crippen molar-refractivity contribution in [2.24, 2.45) is 0 Å². The van der Waals surface area contributed by atoms with Crippen molar-refractivity contribution >= 4 is 44.4 Å². The normalized spacial score (nSPS) is 0. The molecule has 0 aromatic carbocycles. The summed E-state index contributed by atoms with van der Waals surface area (Å²) >= 11 is 0. The first kappa shape index (κ1) is 45.6. The number of hydrogen-bond donors (Lipinski definition) is 0. The molecule has 0 amide bonds. The van der Waals surface area contributed by atoms with E-state index in [1.165, 1.54) is 0 Å². The molecule has 0 saturated heterocycles. The minimum atomic E-state index is 0. The molecule has 0 spiro atoms. The summed E-state index contributed by atoms with van der Waals surface area (Å²) in [5, 5.41) is 0. The maximum Gasteiger partial charge on any atom is 3.00 e. The van der Waals surface area contributed by atoms with Gasteiger partial charge in [-0.2, -0.15) is 0 Å². The van der Waals surface area contributed by atoms with Crippen LogP contribution in [-0.2, 0) is 27.0 Å². The van der Waals surface area contributed by atoms with Gasteiger partial charge in [0.1, 0.15) is 0 Å². The molecular formula is H2AlKOS2. The molecule has 0 atom stereocenters. The van der Waals surface area contributed by atoms with E-state index in [1.807, 2.05) is 0 Å². The minimum absolute atomic E-state index is 0. The molecule has 0 radical (unpaired) electrons. The van der Waals surface area contributed by atoms with Crippen LogP contribution in [0.25, 0.3) is 0 Å². The maximum atomic E-state index is 0. The van der Waals surface area contributed by atoms with Crippen LogP contribution in [0.1, 0.15) is 0 Å². The molecule has 24 valence electrons. The zero-order valence-corrected chi connectivity index (χ0v) is 8.80. The molecule has 0 aliphatic carbocycles. The Kier molecular flexibility index (Phi) is 265. The fourth-order valence-corrected chi connectivity index (χ4v) is 0. The summed E-state index contributed by atoms with van der Waals surface area (Å²) in [5.41, 5.74) is 0. The van der Waals surface area contributed by atoms with E-state index in [-0.39, 0.29) is 101 Å². The second-order valence-corrected chi connectivity index (χ2v) is 0. The molecular weight excluding hydrogens is 146 g/mol. The van der Waals surface area contributed by atoms with Crippen LogP contribution >= 0.6 is 0 Å². The van der Waals surface area contributed by atoms with Gasteiger partial charge in [-0.05, 0) is 0 Å². The van der Waals surface area contributed by atoms with E-state index >= 15 is 0 Å². The zero-order chi connectivity index (χ0) is 0. The third-order valence-electron chi connectivity index (χ3n) is 0. The van der Waals surface area contributed by atoms with Gasteiger partial charge in [-0.15, -0.1) is 0 Å². The Hall–Kier alpha value is 2.83. The predicted octanol–water partition coefficient (Wildman–Crippen LogP) is -4.21. The van der Waals surface area contributed by atoms with Crippen molar-refractivity contribution in [3.05, 3.63) is 0 Å². The van der Waals surface area contributed by atoms with Crippen LogP contribution in [-0.4, -0.2) is 22.8 Å². The Bertz CT molecular complexity index is 9.61. The molecule has 0 fully saturated rings. The van der Waals surface area contributed by atoms with Gasteiger partial charge in [0.05, 0.1) is 0 Å². The van der Waals surface area contributed by atoms with E-state index in [1.54, 1.807) is 0 Å². The van der Waals surface area contributed by atoms with Crippen LogP contribution in [0.2, 0.25) is 0 Å². The van der Waals surface area contributed by atoms with Gasteiger partial charge in [0, 0.05) is 0 Å². The Balaban J connectivity index is 0. The molecule has 5 heteroatoms. The molecule has 0 aromatic rings. The summed E-state index contributed by atoms with van der Waals surface area (Å²) < 4.78 is 0. The topological polar surface area (TPSA) is 31.5 Å². The van der Waals surface area contributed by atoms with Crippen molar-refractivity contribution < 1.29 is 56.9 Å². The van der Waals surface area contributed by atoms with Crippen molar-refractivity contribution in [1.82, 2.24) is 0 Å². The summed E-state index contributed by atoms with van der Waals surface area (Å²) in [5.74, 6) is 0. The predicted molar refractivity (Wildman–Crippen MR) is 24.1 cm³/mol. The Labute approximate surface area is 99.0 Å². The average Bonchev–Trinajstić information content (AvgIpc) is 0. The van der Waals surface area contributed by atoms with E-state index in [0.717, 1.165) is 0 Å². The molecule has 0 saturated carbocycles. The number of hydrogen-bond acceptors (Lipinski definition) is 0. The molecule has 2 N–H and O–H groups in total. The van der Waals surface area contributed by atoms with Gasteiger partial charge >= 0.3 is 68.7 Å². The third kappa shape index (κ3) is 19.9. The van der Waals surface area contributed by atoms with Gasteiger partial charge in [-0.25, -0.2) is 0 Å². The third-order valence-corrected chi connectivity index (χ3v) is 0. The fraction of sp³-hybridized carbons (Fsp3) is 0. The van der Waals surface area contributed by atoms with Crippen LogP contribution < -0.4 is 51.4 Å². The van der Waals surface area contributed by atoms with Crippen molar-refractivity contribution in [2.75, 3.05) is 0 Å². The van der Waals surface area contributed by atoms with Gasteiger partial charge in [-0.3, -0.25) is 0 Å². The van der Waals surface area contributed by atoms with E-state index in [2.05, 4.69) is 0 Å². The molecule has 0 aromatic heterocycles. The Morgan fingerprint density at radius 1 is 0.800 bits per heavy atom. The SMILES string of the molecule is O.[Al+3].[K+].[S-2].[S-2]. The van der Waals surface area contributed by atoms with Crippen molar-refractivity contribution in [3.63, 3.8) is 0 Å². The van der Waals surface area contributed by atoms with Crippen LogP contribution in [0.3, 0.4) is 0 Å². The zero-order valence-electron chi connectivity index (χ0n) is 2.89.